The predicted octanol–water partition coefficient (Wildman–Crippen LogP) is 3.05. The average molecular weight is 428 g/mol. The number of carbonyl (C=O) groups is 2. The Hall–Kier alpha value is -4.00. The summed E-state index contributed by atoms with van der Waals surface area (Å²) in [5.74, 6) is 0.514. The van der Waals surface area contributed by atoms with E-state index >= 15 is 0 Å². The van der Waals surface area contributed by atoms with E-state index in [1.165, 1.54) is 18.6 Å². The Bertz CT molecular complexity index is 1080. The maximum absolute atomic E-state index is 12.6. The summed E-state index contributed by atoms with van der Waals surface area (Å²) >= 11 is 0. The molecule has 2 amide bonds. The van der Waals surface area contributed by atoms with Crippen LogP contribution in [0.4, 0.5) is 0 Å². The molecule has 0 spiro atoms. The van der Waals surface area contributed by atoms with E-state index in [-0.39, 0.29) is 11.8 Å². The molecule has 0 atom stereocenters. The molecule has 162 valence electrons. The average Bonchev–Trinajstić information content (AvgIpc) is 2.87. The number of benzene rings is 2. The first kappa shape index (κ1) is 21.2. The van der Waals surface area contributed by atoms with Gasteiger partial charge < -0.3 is 14.5 Å². The maximum Gasteiger partial charge on any atom is 0.274 e. The van der Waals surface area contributed by atoms with Crippen LogP contribution < -0.4 is 4.74 Å². The number of aromatic nitrogens is 2. The van der Waals surface area contributed by atoms with Gasteiger partial charge in [-0.3, -0.25) is 14.6 Å². The van der Waals surface area contributed by atoms with Crippen LogP contribution in [-0.4, -0.2) is 57.8 Å². The van der Waals surface area contributed by atoms with Gasteiger partial charge in [-0.2, -0.15) is 0 Å². The maximum atomic E-state index is 12.6. The highest BCUT2D eigenvalue weighted by molar-refractivity contribution is 5.93. The number of hydrogen-bond donors (Lipinski definition) is 0. The first-order chi connectivity index (χ1) is 15.7. The van der Waals surface area contributed by atoms with E-state index in [2.05, 4.69) is 9.97 Å². The van der Waals surface area contributed by atoms with E-state index in [4.69, 9.17) is 4.74 Å². The fourth-order valence-electron chi connectivity index (χ4n) is 3.42. The largest absolute Gasteiger partial charge is 0.489 e. The molecule has 0 aliphatic carbocycles. The first-order valence-corrected chi connectivity index (χ1v) is 10.5. The Labute approximate surface area is 187 Å². The Morgan fingerprint density at radius 3 is 2.47 bits per heavy atom. The molecule has 7 heteroatoms. The molecule has 1 aliphatic rings. The van der Waals surface area contributed by atoms with E-state index in [1.807, 2.05) is 54.6 Å². The summed E-state index contributed by atoms with van der Waals surface area (Å²) in [6.45, 7) is 2.39. The van der Waals surface area contributed by atoms with Crippen molar-refractivity contribution < 1.29 is 14.3 Å². The second-order valence-electron chi connectivity index (χ2n) is 7.39. The van der Waals surface area contributed by atoms with Crippen molar-refractivity contribution in [3.8, 4) is 5.75 Å². The summed E-state index contributed by atoms with van der Waals surface area (Å²) in [4.78, 5) is 36.5. The highest BCUT2D eigenvalue weighted by Gasteiger charge is 2.24. The second-order valence-corrected chi connectivity index (χ2v) is 7.39. The minimum atomic E-state index is -0.159. The molecule has 2 heterocycles. The zero-order valence-electron chi connectivity index (χ0n) is 17.6. The molecule has 1 aromatic heterocycles. The minimum Gasteiger partial charge on any atom is -0.489 e. The Balaban J connectivity index is 1.29. The quantitative estimate of drug-likeness (QED) is 0.564. The number of nitrogens with zero attached hydrogens (tertiary/aromatic N) is 4. The molecular formula is C25H24N4O3. The number of ether oxygens (including phenoxy) is 1. The normalized spacial score (nSPS) is 13.9. The number of rotatable bonds is 6. The van der Waals surface area contributed by atoms with Gasteiger partial charge in [0, 0.05) is 44.6 Å². The molecule has 1 saturated heterocycles. The molecule has 2 aromatic carbocycles. The first-order valence-electron chi connectivity index (χ1n) is 10.5. The lowest BCUT2D eigenvalue weighted by Crippen LogP contribution is -2.50. The molecule has 4 rings (SSSR count). The third-order valence-corrected chi connectivity index (χ3v) is 5.19. The fourth-order valence-corrected chi connectivity index (χ4v) is 3.42. The lowest BCUT2D eigenvalue weighted by atomic mass is 10.2. The van der Waals surface area contributed by atoms with Crippen molar-refractivity contribution in [2.24, 2.45) is 0 Å². The van der Waals surface area contributed by atoms with Crippen LogP contribution >= 0.6 is 0 Å². The Kier molecular flexibility index (Phi) is 6.87. The van der Waals surface area contributed by atoms with Crippen molar-refractivity contribution in [2.75, 3.05) is 26.2 Å². The molecular weight excluding hydrogens is 404 g/mol. The summed E-state index contributed by atoms with van der Waals surface area (Å²) in [7, 11) is 0. The van der Waals surface area contributed by atoms with Gasteiger partial charge in [0.2, 0.25) is 5.91 Å². The molecule has 0 N–H and O–H groups in total. The molecule has 0 bridgehead atoms. The molecule has 0 radical (unpaired) electrons. The van der Waals surface area contributed by atoms with Crippen LogP contribution in [0.25, 0.3) is 6.08 Å². The van der Waals surface area contributed by atoms with Gasteiger partial charge in [0.05, 0.1) is 6.20 Å². The van der Waals surface area contributed by atoms with Crippen LogP contribution in [0.1, 0.15) is 21.6 Å². The van der Waals surface area contributed by atoms with E-state index in [1.54, 1.807) is 22.0 Å². The van der Waals surface area contributed by atoms with Gasteiger partial charge in [-0.25, -0.2) is 4.98 Å². The predicted molar refractivity (Wildman–Crippen MR) is 121 cm³/mol. The lowest BCUT2D eigenvalue weighted by molar-refractivity contribution is -0.127. The summed E-state index contributed by atoms with van der Waals surface area (Å²) in [6, 6.07) is 17.6. The van der Waals surface area contributed by atoms with Gasteiger partial charge in [0.15, 0.2) is 0 Å². The van der Waals surface area contributed by atoms with Crippen LogP contribution in [0.3, 0.4) is 0 Å². The van der Waals surface area contributed by atoms with Gasteiger partial charge in [-0.15, -0.1) is 0 Å². The molecule has 0 saturated carbocycles. The van der Waals surface area contributed by atoms with Gasteiger partial charge in [0.1, 0.15) is 18.1 Å². The zero-order chi connectivity index (χ0) is 22.2. The van der Waals surface area contributed by atoms with Crippen molar-refractivity contribution in [2.45, 2.75) is 6.61 Å². The van der Waals surface area contributed by atoms with Gasteiger partial charge in [-0.1, -0.05) is 42.5 Å². The van der Waals surface area contributed by atoms with Gasteiger partial charge in [-0.05, 0) is 29.3 Å². The third kappa shape index (κ3) is 5.57. The van der Waals surface area contributed by atoms with Crippen LogP contribution in [0, 0.1) is 0 Å². The number of hydrogen-bond acceptors (Lipinski definition) is 5. The number of amides is 2. The molecule has 0 unspecified atom stereocenters. The van der Waals surface area contributed by atoms with Gasteiger partial charge in [0.25, 0.3) is 5.91 Å². The molecule has 1 aliphatic heterocycles. The second kappa shape index (κ2) is 10.3. The van der Waals surface area contributed by atoms with Crippen molar-refractivity contribution in [3.05, 3.63) is 96.1 Å². The van der Waals surface area contributed by atoms with E-state index < -0.39 is 0 Å². The van der Waals surface area contributed by atoms with Crippen molar-refractivity contribution in [1.29, 1.82) is 0 Å². The summed E-state index contributed by atoms with van der Waals surface area (Å²) in [6.07, 6.45) is 7.84. The minimum absolute atomic E-state index is 0.0767. The molecule has 7 nitrogen and oxygen atoms in total. The van der Waals surface area contributed by atoms with E-state index in [0.717, 1.165) is 16.9 Å². The number of carbonyl (C=O) groups excluding carboxylic acids is 2. The summed E-state index contributed by atoms with van der Waals surface area (Å²) in [5, 5.41) is 0. The highest BCUT2D eigenvalue weighted by Crippen LogP contribution is 2.16. The SMILES string of the molecule is O=C(/C=C/c1cccc(OCc2ccccc2)c1)N1CCN(C(=O)c2cnccn2)CC1. The molecule has 32 heavy (non-hydrogen) atoms. The van der Waals surface area contributed by atoms with Gasteiger partial charge >= 0.3 is 0 Å². The standard InChI is InChI=1S/C25H24N4O3/c30-24(28-13-15-29(16-14-28)25(31)23-18-26-11-12-27-23)10-9-20-7-4-8-22(17-20)32-19-21-5-2-1-3-6-21/h1-12,17-18H,13-16,19H2/b10-9+. The number of piperazine rings is 1. The Morgan fingerprint density at radius 1 is 0.938 bits per heavy atom. The van der Waals surface area contributed by atoms with Crippen molar-refractivity contribution in [1.82, 2.24) is 19.8 Å². The highest BCUT2D eigenvalue weighted by atomic mass is 16.5. The van der Waals surface area contributed by atoms with Crippen molar-refractivity contribution in [3.63, 3.8) is 0 Å². The fraction of sp³-hybridized carbons (Fsp3) is 0.200. The monoisotopic (exact) mass is 428 g/mol. The smallest absolute Gasteiger partial charge is 0.274 e. The van der Waals surface area contributed by atoms with Crippen LogP contribution in [0.15, 0.2) is 79.3 Å². The lowest BCUT2D eigenvalue weighted by Gasteiger charge is -2.34. The zero-order valence-corrected chi connectivity index (χ0v) is 17.6. The summed E-state index contributed by atoms with van der Waals surface area (Å²) in [5.41, 5.74) is 2.31. The van der Waals surface area contributed by atoms with Crippen LogP contribution in [0.5, 0.6) is 5.75 Å². The third-order valence-electron chi connectivity index (χ3n) is 5.19. The van der Waals surface area contributed by atoms with E-state index in [0.29, 0.717) is 38.5 Å². The van der Waals surface area contributed by atoms with Crippen molar-refractivity contribution >= 4 is 17.9 Å². The topological polar surface area (TPSA) is 75.6 Å². The summed E-state index contributed by atoms with van der Waals surface area (Å²) < 4.78 is 5.85. The molecule has 3 aromatic rings. The Morgan fingerprint density at radius 2 is 1.72 bits per heavy atom. The van der Waals surface area contributed by atoms with Crippen LogP contribution in [0.2, 0.25) is 0 Å². The van der Waals surface area contributed by atoms with E-state index in [9.17, 15) is 9.59 Å². The van der Waals surface area contributed by atoms with Crippen LogP contribution in [-0.2, 0) is 11.4 Å². The molecule has 1 fully saturated rings.